The van der Waals surface area contributed by atoms with Gasteiger partial charge in [0.2, 0.25) is 15.9 Å². The summed E-state index contributed by atoms with van der Waals surface area (Å²) in [5.41, 5.74) is -0.958. The Balaban J connectivity index is 2.07. The molecule has 2 rings (SSSR count). The van der Waals surface area contributed by atoms with Crippen LogP contribution in [0.1, 0.15) is 26.2 Å². The highest BCUT2D eigenvalue weighted by atomic mass is 32.2. The van der Waals surface area contributed by atoms with Crippen LogP contribution in [0.2, 0.25) is 0 Å². The number of carboxylic acid groups (broad SMARTS) is 1. The van der Waals surface area contributed by atoms with Crippen LogP contribution < -0.4 is 10.0 Å². The molecule has 3 N–H and O–H groups in total. The summed E-state index contributed by atoms with van der Waals surface area (Å²) in [6.45, 7) is 2.21. The Morgan fingerprint density at radius 1 is 1.23 bits per heavy atom. The third-order valence-electron chi connectivity index (χ3n) is 3.56. The van der Waals surface area contributed by atoms with E-state index in [0.717, 1.165) is 0 Å². The number of nitrogens with one attached hydrogen (secondary N) is 2. The zero-order chi connectivity index (χ0) is 16.4. The predicted molar refractivity (Wildman–Crippen MR) is 79.9 cm³/mol. The molecule has 8 heteroatoms. The van der Waals surface area contributed by atoms with Crippen LogP contribution in [-0.2, 0) is 19.6 Å². The molecular weight excluding hydrogens is 308 g/mol. The quantitative estimate of drug-likeness (QED) is 0.651. The first kappa shape index (κ1) is 16.4. The molecular formula is C14H18N2O5S. The molecule has 0 saturated heterocycles. The van der Waals surface area contributed by atoms with Crippen LogP contribution in [0.3, 0.4) is 0 Å². The fourth-order valence-corrected chi connectivity index (χ4v) is 3.08. The first-order chi connectivity index (χ1) is 10.3. The standard InChI is InChI=1S/C14H18N2O5S/c1-2-9-15-22(20,21)11-5-3-10(4-6-11)16-12(17)14(7-8-14)13(18)19/h3-6,15H,2,7-9H2,1H3,(H,16,17)(H,18,19). The van der Waals surface area contributed by atoms with Gasteiger partial charge in [0.05, 0.1) is 4.90 Å². The van der Waals surface area contributed by atoms with Crippen molar-refractivity contribution < 1.29 is 23.1 Å². The van der Waals surface area contributed by atoms with Gasteiger partial charge in [-0.05, 0) is 43.5 Å². The van der Waals surface area contributed by atoms with E-state index in [9.17, 15) is 18.0 Å². The number of amides is 1. The minimum absolute atomic E-state index is 0.0957. The van der Waals surface area contributed by atoms with Gasteiger partial charge in [-0.3, -0.25) is 9.59 Å². The van der Waals surface area contributed by atoms with E-state index in [1.54, 1.807) is 0 Å². The molecule has 1 aliphatic carbocycles. The van der Waals surface area contributed by atoms with Crippen molar-refractivity contribution >= 4 is 27.6 Å². The number of benzene rings is 1. The van der Waals surface area contributed by atoms with Gasteiger partial charge in [0.25, 0.3) is 0 Å². The second-order valence-electron chi connectivity index (χ2n) is 5.26. The number of carboxylic acids is 1. The summed E-state index contributed by atoms with van der Waals surface area (Å²) >= 11 is 0. The molecule has 0 radical (unpaired) electrons. The molecule has 0 unspecified atom stereocenters. The van der Waals surface area contributed by atoms with Crippen molar-refractivity contribution in [1.29, 1.82) is 0 Å². The second-order valence-corrected chi connectivity index (χ2v) is 7.03. The minimum atomic E-state index is -3.55. The van der Waals surface area contributed by atoms with Gasteiger partial charge in [0.1, 0.15) is 5.41 Å². The van der Waals surface area contributed by atoms with Gasteiger partial charge >= 0.3 is 5.97 Å². The van der Waals surface area contributed by atoms with E-state index < -0.39 is 27.3 Å². The van der Waals surface area contributed by atoms with Gasteiger partial charge in [-0.15, -0.1) is 0 Å². The Kier molecular flexibility index (Phi) is 4.52. The van der Waals surface area contributed by atoms with Crippen molar-refractivity contribution in [2.45, 2.75) is 31.1 Å². The molecule has 0 heterocycles. The maximum absolute atomic E-state index is 11.9. The van der Waals surface area contributed by atoms with Gasteiger partial charge in [-0.2, -0.15) is 0 Å². The van der Waals surface area contributed by atoms with E-state index in [1.165, 1.54) is 24.3 Å². The largest absolute Gasteiger partial charge is 0.480 e. The van der Waals surface area contributed by atoms with Crippen molar-refractivity contribution in [1.82, 2.24) is 4.72 Å². The molecule has 1 aliphatic rings. The monoisotopic (exact) mass is 326 g/mol. The van der Waals surface area contributed by atoms with Gasteiger partial charge < -0.3 is 10.4 Å². The predicted octanol–water partition coefficient (Wildman–Crippen LogP) is 1.18. The fourth-order valence-electron chi connectivity index (χ4n) is 1.95. The van der Waals surface area contributed by atoms with E-state index >= 15 is 0 Å². The van der Waals surface area contributed by atoms with Crippen LogP contribution in [0, 0.1) is 5.41 Å². The highest BCUT2D eigenvalue weighted by molar-refractivity contribution is 7.89. The molecule has 1 aromatic carbocycles. The van der Waals surface area contributed by atoms with E-state index in [2.05, 4.69) is 10.0 Å². The summed E-state index contributed by atoms with van der Waals surface area (Å²) in [6.07, 6.45) is 1.33. The van der Waals surface area contributed by atoms with E-state index in [1.807, 2.05) is 6.92 Å². The molecule has 0 aliphatic heterocycles. The normalized spacial score (nSPS) is 16.0. The lowest BCUT2D eigenvalue weighted by molar-refractivity contribution is -0.147. The summed E-state index contributed by atoms with van der Waals surface area (Å²) in [4.78, 5) is 23.1. The third-order valence-corrected chi connectivity index (χ3v) is 5.04. The highest BCUT2D eigenvalue weighted by Crippen LogP contribution is 2.46. The summed E-state index contributed by atoms with van der Waals surface area (Å²) in [6, 6.07) is 5.62. The molecule has 1 aromatic rings. The minimum Gasteiger partial charge on any atom is -0.480 e. The topological polar surface area (TPSA) is 113 Å². The van der Waals surface area contributed by atoms with Crippen LogP contribution in [0.15, 0.2) is 29.2 Å². The van der Waals surface area contributed by atoms with E-state index in [4.69, 9.17) is 5.11 Å². The van der Waals surface area contributed by atoms with Crippen LogP contribution in [-0.4, -0.2) is 31.9 Å². The van der Waals surface area contributed by atoms with Crippen LogP contribution >= 0.6 is 0 Å². The van der Waals surface area contributed by atoms with Crippen LogP contribution in [0.4, 0.5) is 5.69 Å². The molecule has 1 amide bonds. The van der Waals surface area contributed by atoms with Crippen LogP contribution in [0.25, 0.3) is 0 Å². The first-order valence-electron chi connectivity index (χ1n) is 6.96. The van der Waals surface area contributed by atoms with Gasteiger partial charge in [-0.1, -0.05) is 6.92 Å². The Hall–Kier alpha value is -1.93. The number of hydrogen-bond donors (Lipinski definition) is 3. The van der Waals surface area contributed by atoms with Gasteiger partial charge in [-0.25, -0.2) is 13.1 Å². The average molecular weight is 326 g/mol. The third kappa shape index (κ3) is 3.28. The van der Waals surface area contributed by atoms with Gasteiger partial charge in [0, 0.05) is 12.2 Å². The van der Waals surface area contributed by atoms with Crippen molar-refractivity contribution in [3.05, 3.63) is 24.3 Å². The lowest BCUT2D eigenvalue weighted by Crippen LogP contribution is -2.31. The Bertz CT molecular complexity index is 678. The maximum Gasteiger partial charge on any atom is 0.319 e. The van der Waals surface area contributed by atoms with Crippen LogP contribution in [0.5, 0.6) is 0 Å². The molecule has 0 atom stereocenters. The molecule has 120 valence electrons. The molecule has 22 heavy (non-hydrogen) atoms. The maximum atomic E-state index is 11.9. The Morgan fingerprint density at radius 3 is 2.27 bits per heavy atom. The van der Waals surface area contributed by atoms with E-state index in [-0.39, 0.29) is 4.90 Å². The molecule has 1 fully saturated rings. The summed E-state index contributed by atoms with van der Waals surface area (Å²) in [7, 11) is -3.55. The number of rotatable bonds is 7. The summed E-state index contributed by atoms with van der Waals surface area (Å²) in [5.74, 6) is -1.70. The average Bonchev–Trinajstić information content (AvgIpc) is 3.27. The first-order valence-corrected chi connectivity index (χ1v) is 8.45. The fraction of sp³-hybridized carbons (Fsp3) is 0.429. The number of carbonyl (C=O) groups excluding carboxylic acids is 1. The lowest BCUT2D eigenvalue weighted by Gasteiger charge is -2.11. The molecule has 0 bridgehead atoms. The molecule has 1 saturated carbocycles. The Morgan fingerprint density at radius 2 is 1.82 bits per heavy atom. The van der Waals surface area contributed by atoms with Crippen molar-refractivity contribution in [2.24, 2.45) is 5.41 Å². The summed E-state index contributed by atoms with van der Waals surface area (Å²) in [5, 5.41) is 11.5. The number of sulfonamides is 1. The SMILES string of the molecule is CCCNS(=O)(=O)c1ccc(NC(=O)C2(C(=O)O)CC2)cc1. The second kappa shape index (κ2) is 6.05. The lowest BCUT2D eigenvalue weighted by atomic mass is 10.1. The molecule has 0 aromatic heterocycles. The summed E-state index contributed by atoms with van der Waals surface area (Å²) < 4.78 is 26.3. The van der Waals surface area contributed by atoms with E-state index in [0.29, 0.717) is 31.5 Å². The van der Waals surface area contributed by atoms with Gasteiger partial charge in [0.15, 0.2) is 0 Å². The number of hydrogen-bond acceptors (Lipinski definition) is 4. The Labute approximate surface area is 128 Å². The molecule has 0 spiro atoms. The highest BCUT2D eigenvalue weighted by Gasteiger charge is 2.57. The van der Waals surface area contributed by atoms with Crippen molar-refractivity contribution in [3.63, 3.8) is 0 Å². The van der Waals surface area contributed by atoms with Crippen molar-refractivity contribution in [3.8, 4) is 0 Å². The molecule has 7 nitrogen and oxygen atoms in total. The zero-order valence-corrected chi connectivity index (χ0v) is 12.9. The van der Waals surface area contributed by atoms with Crippen molar-refractivity contribution in [2.75, 3.05) is 11.9 Å². The smallest absolute Gasteiger partial charge is 0.319 e. The number of aliphatic carboxylic acids is 1. The zero-order valence-electron chi connectivity index (χ0n) is 12.1. The number of anilines is 1. The number of carbonyl (C=O) groups is 2.